The summed E-state index contributed by atoms with van der Waals surface area (Å²) in [5.41, 5.74) is 0.903. The molecule has 2 aromatic rings. The Morgan fingerprint density at radius 3 is 2.55 bits per heavy atom. The van der Waals surface area contributed by atoms with Crippen LogP contribution in [0.2, 0.25) is 0 Å². The summed E-state index contributed by atoms with van der Waals surface area (Å²) in [6.07, 6.45) is 0. The summed E-state index contributed by atoms with van der Waals surface area (Å²) in [5, 5.41) is 8.77. The standard InChI is InChI=1S/C15H13F2NO2/c1-18(9-10-3-2-4-11(16)7-10)12-5-6-13(15(19)20)14(17)8-12/h2-8H,9H2,1H3,(H,19,20). The lowest BCUT2D eigenvalue weighted by molar-refractivity contribution is 0.0692. The average molecular weight is 277 g/mol. The van der Waals surface area contributed by atoms with Crippen molar-refractivity contribution in [1.82, 2.24) is 0 Å². The molecule has 104 valence electrons. The number of nitrogens with zero attached hydrogens (tertiary/aromatic N) is 1. The van der Waals surface area contributed by atoms with Gasteiger partial charge in [0.25, 0.3) is 0 Å². The summed E-state index contributed by atoms with van der Waals surface area (Å²) in [7, 11) is 1.72. The van der Waals surface area contributed by atoms with Crippen LogP contribution in [0.1, 0.15) is 15.9 Å². The number of carboxylic acids is 1. The minimum absolute atomic E-state index is 0.330. The van der Waals surface area contributed by atoms with Gasteiger partial charge in [-0.25, -0.2) is 13.6 Å². The monoisotopic (exact) mass is 277 g/mol. The van der Waals surface area contributed by atoms with Gasteiger partial charge in [0.2, 0.25) is 0 Å². The van der Waals surface area contributed by atoms with Crippen molar-refractivity contribution in [2.24, 2.45) is 0 Å². The van der Waals surface area contributed by atoms with Crippen LogP contribution in [0.25, 0.3) is 0 Å². The van der Waals surface area contributed by atoms with Gasteiger partial charge in [0.15, 0.2) is 0 Å². The maximum absolute atomic E-state index is 13.6. The molecular weight excluding hydrogens is 264 g/mol. The molecule has 2 rings (SSSR count). The third kappa shape index (κ3) is 3.12. The van der Waals surface area contributed by atoms with Gasteiger partial charge in [-0.15, -0.1) is 0 Å². The van der Waals surface area contributed by atoms with Gasteiger partial charge < -0.3 is 10.0 Å². The van der Waals surface area contributed by atoms with Crippen molar-refractivity contribution in [2.45, 2.75) is 6.54 Å². The number of halogens is 2. The Hall–Kier alpha value is -2.43. The maximum atomic E-state index is 13.6. The van der Waals surface area contributed by atoms with Gasteiger partial charge in [0, 0.05) is 19.3 Å². The van der Waals surface area contributed by atoms with E-state index in [2.05, 4.69) is 0 Å². The molecule has 0 aliphatic rings. The number of carboxylic acid groups (broad SMARTS) is 1. The third-order valence-electron chi connectivity index (χ3n) is 2.93. The summed E-state index contributed by atoms with van der Waals surface area (Å²) in [6, 6.07) is 10.0. The molecule has 0 spiro atoms. The lowest BCUT2D eigenvalue weighted by Gasteiger charge is -2.19. The number of carbonyl (C=O) groups is 1. The maximum Gasteiger partial charge on any atom is 0.338 e. The van der Waals surface area contributed by atoms with Crippen molar-refractivity contribution < 1.29 is 18.7 Å². The molecule has 2 aromatic carbocycles. The molecule has 0 fully saturated rings. The normalized spacial score (nSPS) is 10.3. The summed E-state index contributed by atoms with van der Waals surface area (Å²) in [6.45, 7) is 0.392. The Morgan fingerprint density at radius 2 is 1.95 bits per heavy atom. The molecular formula is C15H13F2NO2. The number of anilines is 1. The van der Waals surface area contributed by atoms with Gasteiger partial charge in [0.05, 0.1) is 5.56 Å². The zero-order valence-corrected chi connectivity index (χ0v) is 10.8. The smallest absolute Gasteiger partial charge is 0.338 e. The molecule has 20 heavy (non-hydrogen) atoms. The van der Waals surface area contributed by atoms with Crippen molar-refractivity contribution in [3.8, 4) is 0 Å². The number of hydrogen-bond acceptors (Lipinski definition) is 2. The van der Waals surface area contributed by atoms with E-state index in [1.54, 1.807) is 24.1 Å². The molecule has 5 heteroatoms. The average Bonchev–Trinajstić information content (AvgIpc) is 2.38. The SMILES string of the molecule is CN(Cc1cccc(F)c1)c1ccc(C(=O)O)c(F)c1. The van der Waals surface area contributed by atoms with E-state index in [0.29, 0.717) is 12.2 Å². The quantitative estimate of drug-likeness (QED) is 0.932. The number of rotatable bonds is 4. The predicted octanol–water partition coefficient (Wildman–Crippen LogP) is 3.30. The van der Waals surface area contributed by atoms with Crippen LogP contribution in [0.15, 0.2) is 42.5 Å². The van der Waals surface area contributed by atoms with Crippen LogP contribution in [0, 0.1) is 11.6 Å². The van der Waals surface area contributed by atoms with Gasteiger partial charge >= 0.3 is 5.97 Å². The Balaban J connectivity index is 2.19. The highest BCUT2D eigenvalue weighted by Crippen LogP contribution is 2.19. The van der Waals surface area contributed by atoms with E-state index < -0.39 is 11.8 Å². The molecule has 0 heterocycles. The lowest BCUT2D eigenvalue weighted by Crippen LogP contribution is -2.17. The first-order valence-corrected chi connectivity index (χ1v) is 5.96. The second-order valence-corrected chi connectivity index (χ2v) is 4.46. The highest BCUT2D eigenvalue weighted by Gasteiger charge is 2.12. The van der Waals surface area contributed by atoms with Crippen LogP contribution in [0.3, 0.4) is 0 Å². The molecule has 0 aromatic heterocycles. The topological polar surface area (TPSA) is 40.5 Å². The minimum atomic E-state index is -1.30. The molecule has 0 saturated carbocycles. The van der Waals surface area contributed by atoms with Crippen molar-refractivity contribution in [1.29, 1.82) is 0 Å². The van der Waals surface area contributed by atoms with Gasteiger partial charge in [-0.2, -0.15) is 0 Å². The van der Waals surface area contributed by atoms with Gasteiger partial charge in [-0.1, -0.05) is 12.1 Å². The Kier molecular flexibility index (Phi) is 3.98. The summed E-state index contributed by atoms with van der Waals surface area (Å²) >= 11 is 0. The molecule has 0 aliphatic carbocycles. The van der Waals surface area contributed by atoms with Crippen LogP contribution in [-0.2, 0) is 6.54 Å². The largest absolute Gasteiger partial charge is 0.478 e. The highest BCUT2D eigenvalue weighted by atomic mass is 19.1. The fraction of sp³-hybridized carbons (Fsp3) is 0.133. The minimum Gasteiger partial charge on any atom is -0.478 e. The van der Waals surface area contributed by atoms with Crippen LogP contribution >= 0.6 is 0 Å². The molecule has 0 atom stereocenters. The second kappa shape index (κ2) is 5.69. The Bertz CT molecular complexity index is 644. The number of hydrogen-bond donors (Lipinski definition) is 1. The van der Waals surface area contributed by atoms with Crippen molar-refractivity contribution in [3.05, 3.63) is 65.2 Å². The predicted molar refractivity (Wildman–Crippen MR) is 71.9 cm³/mol. The Labute approximate surface area is 115 Å². The van der Waals surface area contributed by atoms with Crippen LogP contribution in [0.5, 0.6) is 0 Å². The number of aromatic carboxylic acids is 1. The summed E-state index contributed by atoms with van der Waals surface area (Å²) in [4.78, 5) is 12.4. The summed E-state index contributed by atoms with van der Waals surface area (Å²) in [5.74, 6) is -2.42. The summed E-state index contributed by atoms with van der Waals surface area (Å²) < 4.78 is 26.7. The molecule has 0 amide bonds. The second-order valence-electron chi connectivity index (χ2n) is 4.46. The third-order valence-corrected chi connectivity index (χ3v) is 2.93. The highest BCUT2D eigenvalue weighted by molar-refractivity contribution is 5.88. The molecule has 1 N–H and O–H groups in total. The first kappa shape index (κ1) is 14.0. The fourth-order valence-corrected chi connectivity index (χ4v) is 1.92. The number of benzene rings is 2. The van der Waals surface area contributed by atoms with E-state index in [9.17, 15) is 13.6 Å². The van der Waals surface area contributed by atoms with Crippen molar-refractivity contribution >= 4 is 11.7 Å². The van der Waals surface area contributed by atoms with Crippen molar-refractivity contribution in [3.63, 3.8) is 0 Å². The van der Waals surface area contributed by atoms with Crippen LogP contribution in [-0.4, -0.2) is 18.1 Å². The molecule has 0 bridgehead atoms. The molecule has 3 nitrogen and oxygen atoms in total. The molecule has 0 radical (unpaired) electrons. The zero-order valence-electron chi connectivity index (χ0n) is 10.8. The van der Waals surface area contributed by atoms with Crippen LogP contribution < -0.4 is 4.90 Å². The van der Waals surface area contributed by atoms with E-state index in [4.69, 9.17) is 5.11 Å². The van der Waals surface area contributed by atoms with Crippen molar-refractivity contribution in [2.75, 3.05) is 11.9 Å². The molecule has 0 aliphatic heterocycles. The van der Waals surface area contributed by atoms with Crippen LogP contribution in [0.4, 0.5) is 14.5 Å². The first-order chi connectivity index (χ1) is 9.47. The fourth-order valence-electron chi connectivity index (χ4n) is 1.92. The zero-order chi connectivity index (χ0) is 14.7. The van der Waals surface area contributed by atoms with E-state index in [1.165, 1.54) is 24.3 Å². The van der Waals surface area contributed by atoms with E-state index in [1.807, 2.05) is 0 Å². The van der Waals surface area contributed by atoms with Gasteiger partial charge in [-0.3, -0.25) is 0 Å². The first-order valence-electron chi connectivity index (χ1n) is 5.96. The Morgan fingerprint density at radius 1 is 1.20 bits per heavy atom. The molecule has 0 unspecified atom stereocenters. The molecule has 0 saturated heterocycles. The van der Waals surface area contributed by atoms with E-state index in [0.717, 1.165) is 11.6 Å². The van der Waals surface area contributed by atoms with E-state index >= 15 is 0 Å². The van der Waals surface area contributed by atoms with Gasteiger partial charge in [-0.05, 0) is 35.9 Å². The lowest BCUT2D eigenvalue weighted by atomic mass is 10.1. The van der Waals surface area contributed by atoms with E-state index in [-0.39, 0.29) is 11.4 Å². The van der Waals surface area contributed by atoms with Gasteiger partial charge in [0.1, 0.15) is 11.6 Å².